The van der Waals surface area contributed by atoms with Crippen LogP contribution in [0.3, 0.4) is 0 Å². The summed E-state index contributed by atoms with van der Waals surface area (Å²) in [6.45, 7) is 0.715. The van der Waals surface area contributed by atoms with Crippen molar-refractivity contribution in [2.75, 3.05) is 19.0 Å². The largest absolute Gasteiger partial charge is 0.336 e. The fourth-order valence-electron chi connectivity index (χ4n) is 1.85. The zero-order valence-electron chi connectivity index (χ0n) is 9.23. The van der Waals surface area contributed by atoms with Crippen molar-refractivity contribution >= 4 is 11.7 Å². The lowest BCUT2D eigenvalue weighted by atomic mass is 10.1. The van der Waals surface area contributed by atoms with Crippen LogP contribution in [0.4, 0.5) is 10.5 Å². The van der Waals surface area contributed by atoms with Crippen molar-refractivity contribution in [2.45, 2.75) is 12.5 Å². The molecule has 0 bridgehead atoms. The van der Waals surface area contributed by atoms with Crippen molar-refractivity contribution in [3.63, 3.8) is 0 Å². The number of nitrogens with one attached hydrogen (secondary N) is 2. The number of rotatable bonds is 3. The van der Waals surface area contributed by atoms with E-state index in [2.05, 4.69) is 10.7 Å². The van der Waals surface area contributed by atoms with Gasteiger partial charge < -0.3 is 15.6 Å². The number of nitrogens with zero attached hydrogens (tertiary/aromatic N) is 1. The minimum Gasteiger partial charge on any atom is -0.336 e. The highest BCUT2D eigenvalue weighted by atomic mass is 16.2. The minimum atomic E-state index is 0.00486. The standard InChI is InChI=1S/C11H16N4O/c1-15-10(7-13-11(15)16)6-8-2-4-9(14-12)5-3-8/h2-5,10,14H,6-7,12H2,1H3,(H,13,16). The number of likely N-dealkylation sites (N-methyl/N-ethyl adjacent to an activating group) is 1. The van der Waals surface area contributed by atoms with Gasteiger partial charge in [-0.25, -0.2) is 4.79 Å². The maximum Gasteiger partial charge on any atom is 0.317 e. The molecule has 0 radical (unpaired) electrons. The van der Waals surface area contributed by atoms with Gasteiger partial charge in [-0.2, -0.15) is 0 Å². The van der Waals surface area contributed by atoms with E-state index in [1.165, 1.54) is 5.56 Å². The van der Waals surface area contributed by atoms with Crippen LogP contribution in [0, 0.1) is 0 Å². The van der Waals surface area contributed by atoms with Crippen LogP contribution >= 0.6 is 0 Å². The van der Waals surface area contributed by atoms with E-state index in [1.807, 2.05) is 31.3 Å². The van der Waals surface area contributed by atoms with E-state index in [-0.39, 0.29) is 12.1 Å². The lowest BCUT2D eigenvalue weighted by molar-refractivity contribution is 0.216. The summed E-state index contributed by atoms with van der Waals surface area (Å²) in [5.74, 6) is 5.29. The van der Waals surface area contributed by atoms with Crippen LogP contribution < -0.4 is 16.6 Å². The number of anilines is 1. The van der Waals surface area contributed by atoms with Crippen LogP contribution in [0.15, 0.2) is 24.3 Å². The van der Waals surface area contributed by atoms with Crippen LogP contribution in [-0.2, 0) is 6.42 Å². The van der Waals surface area contributed by atoms with E-state index in [0.717, 1.165) is 12.1 Å². The van der Waals surface area contributed by atoms with Gasteiger partial charge in [0.1, 0.15) is 0 Å². The van der Waals surface area contributed by atoms with E-state index in [4.69, 9.17) is 5.84 Å². The molecule has 5 nitrogen and oxygen atoms in total. The molecular formula is C11H16N4O. The number of nitrogen functional groups attached to an aromatic ring is 1. The second kappa shape index (κ2) is 4.40. The molecule has 1 atom stereocenters. The summed E-state index contributed by atoms with van der Waals surface area (Å²) in [7, 11) is 1.82. The van der Waals surface area contributed by atoms with Crippen LogP contribution in [0.5, 0.6) is 0 Å². The van der Waals surface area contributed by atoms with E-state index in [0.29, 0.717) is 6.54 Å². The highest BCUT2D eigenvalue weighted by molar-refractivity contribution is 5.76. The van der Waals surface area contributed by atoms with Gasteiger partial charge in [0.15, 0.2) is 0 Å². The quantitative estimate of drug-likeness (QED) is 0.514. The Kier molecular flexibility index (Phi) is 2.96. The third kappa shape index (κ3) is 2.09. The zero-order valence-corrected chi connectivity index (χ0v) is 9.23. The molecule has 5 heteroatoms. The van der Waals surface area contributed by atoms with Crippen LogP contribution in [-0.4, -0.2) is 30.6 Å². The first kappa shape index (κ1) is 10.8. The summed E-state index contributed by atoms with van der Waals surface area (Å²) in [6.07, 6.45) is 0.861. The zero-order chi connectivity index (χ0) is 11.5. The van der Waals surface area contributed by atoms with Gasteiger partial charge in [0.05, 0.1) is 6.04 Å². The molecule has 0 aromatic heterocycles. The summed E-state index contributed by atoms with van der Waals surface area (Å²) < 4.78 is 0. The first-order valence-corrected chi connectivity index (χ1v) is 5.27. The van der Waals surface area contributed by atoms with Gasteiger partial charge >= 0.3 is 6.03 Å². The number of amides is 2. The fraction of sp³-hybridized carbons (Fsp3) is 0.364. The molecule has 0 aliphatic carbocycles. The predicted octanol–water partition coefficient (Wildman–Crippen LogP) is 0.538. The SMILES string of the molecule is CN1C(=O)NCC1Cc1ccc(NN)cc1. The molecule has 2 rings (SSSR count). The number of carbonyl (C=O) groups is 1. The Labute approximate surface area is 94.6 Å². The third-order valence-electron chi connectivity index (χ3n) is 2.95. The molecule has 1 saturated heterocycles. The van der Waals surface area contributed by atoms with Gasteiger partial charge in [0, 0.05) is 19.3 Å². The lowest BCUT2D eigenvalue weighted by Crippen LogP contribution is -2.31. The Morgan fingerprint density at radius 1 is 1.50 bits per heavy atom. The van der Waals surface area contributed by atoms with Crippen LogP contribution in [0.25, 0.3) is 0 Å². The number of hydrazine groups is 1. The normalized spacial score (nSPS) is 19.8. The molecule has 1 fully saturated rings. The smallest absolute Gasteiger partial charge is 0.317 e. The maximum absolute atomic E-state index is 11.3. The molecule has 4 N–H and O–H groups in total. The maximum atomic E-state index is 11.3. The molecule has 16 heavy (non-hydrogen) atoms. The summed E-state index contributed by atoms with van der Waals surface area (Å²) in [5, 5.41) is 2.82. The second-order valence-corrected chi connectivity index (χ2v) is 4.00. The molecule has 1 aromatic rings. The molecule has 0 spiro atoms. The number of urea groups is 1. The van der Waals surface area contributed by atoms with Gasteiger partial charge in [-0.15, -0.1) is 0 Å². The predicted molar refractivity (Wildman–Crippen MR) is 62.9 cm³/mol. The van der Waals surface area contributed by atoms with Gasteiger partial charge in [0.2, 0.25) is 0 Å². The number of nitrogens with two attached hydrogens (primary N) is 1. The number of benzene rings is 1. The summed E-state index contributed by atoms with van der Waals surface area (Å²) in [4.78, 5) is 13.0. The average molecular weight is 220 g/mol. The van der Waals surface area contributed by atoms with Crippen molar-refractivity contribution in [1.82, 2.24) is 10.2 Å². The first-order chi connectivity index (χ1) is 7.70. The van der Waals surface area contributed by atoms with Gasteiger partial charge in [-0.05, 0) is 24.1 Å². The number of hydrogen-bond acceptors (Lipinski definition) is 3. The monoisotopic (exact) mass is 220 g/mol. The first-order valence-electron chi connectivity index (χ1n) is 5.27. The molecule has 1 aliphatic rings. The molecule has 1 aliphatic heterocycles. The summed E-state index contributed by atoms with van der Waals surface area (Å²) in [5.41, 5.74) is 4.67. The van der Waals surface area contributed by atoms with Gasteiger partial charge in [-0.1, -0.05) is 12.1 Å². The second-order valence-electron chi connectivity index (χ2n) is 4.00. The van der Waals surface area contributed by atoms with Crippen molar-refractivity contribution < 1.29 is 4.79 Å². The fourth-order valence-corrected chi connectivity index (χ4v) is 1.85. The van der Waals surface area contributed by atoms with Crippen molar-refractivity contribution in [3.8, 4) is 0 Å². The van der Waals surface area contributed by atoms with Crippen molar-refractivity contribution in [2.24, 2.45) is 5.84 Å². The Balaban J connectivity index is 2.01. The third-order valence-corrected chi connectivity index (χ3v) is 2.95. The van der Waals surface area contributed by atoms with Crippen molar-refractivity contribution in [1.29, 1.82) is 0 Å². The van der Waals surface area contributed by atoms with Gasteiger partial charge in [0.25, 0.3) is 0 Å². The van der Waals surface area contributed by atoms with Crippen LogP contribution in [0.1, 0.15) is 5.56 Å². The van der Waals surface area contributed by atoms with Crippen LogP contribution in [0.2, 0.25) is 0 Å². The number of hydrogen-bond donors (Lipinski definition) is 3. The van der Waals surface area contributed by atoms with E-state index in [1.54, 1.807) is 4.90 Å². The molecule has 1 unspecified atom stereocenters. The Bertz CT molecular complexity index is 376. The molecule has 2 amide bonds. The topological polar surface area (TPSA) is 70.4 Å². The number of carbonyl (C=O) groups excluding carboxylic acids is 1. The summed E-state index contributed by atoms with van der Waals surface area (Å²) >= 11 is 0. The molecule has 1 heterocycles. The van der Waals surface area contributed by atoms with E-state index >= 15 is 0 Å². The minimum absolute atomic E-state index is 0.00486. The Hall–Kier alpha value is -1.75. The molecule has 0 saturated carbocycles. The van der Waals surface area contributed by atoms with Crippen molar-refractivity contribution in [3.05, 3.63) is 29.8 Å². The van der Waals surface area contributed by atoms with Gasteiger partial charge in [-0.3, -0.25) is 5.84 Å². The average Bonchev–Trinajstić information content (AvgIpc) is 2.62. The lowest BCUT2D eigenvalue weighted by Gasteiger charge is -2.17. The Morgan fingerprint density at radius 3 is 2.69 bits per heavy atom. The highest BCUT2D eigenvalue weighted by Crippen LogP contribution is 2.14. The molecular weight excluding hydrogens is 204 g/mol. The summed E-state index contributed by atoms with van der Waals surface area (Å²) in [6, 6.07) is 8.14. The van der Waals surface area contributed by atoms with E-state index in [9.17, 15) is 4.79 Å². The molecule has 86 valence electrons. The van der Waals surface area contributed by atoms with E-state index < -0.39 is 0 Å². The molecule has 1 aromatic carbocycles. The highest BCUT2D eigenvalue weighted by Gasteiger charge is 2.26. The Morgan fingerprint density at radius 2 is 2.19 bits per heavy atom.